The van der Waals surface area contributed by atoms with E-state index in [0.717, 1.165) is 11.1 Å². The third-order valence-electron chi connectivity index (χ3n) is 3.44. The van der Waals surface area contributed by atoms with E-state index in [1.54, 1.807) is 12.1 Å². The lowest BCUT2D eigenvalue weighted by atomic mass is 10.1. The first-order valence-corrected chi connectivity index (χ1v) is 7.34. The molecule has 2 rings (SSSR count). The van der Waals surface area contributed by atoms with Gasteiger partial charge in [0, 0.05) is 6.08 Å². The summed E-state index contributed by atoms with van der Waals surface area (Å²) in [5.74, 6) is -1.61. The first-order valence-electron chi connectivity index (χ1n) is 6.96. The third-order valence-corrected chi connectivity index (χ3v) is 3.76. The van der Waals surface area contributed by atoms with E-state index in [1.165, 1.54) is 23.8 Å². The molecule has 2 N–H and O–H groups in total. The van der Waals surface area contributed by atoms with Gasteiger partial charge >= 0.3 is 5.97 Å². The molecule has 1 amide bonds. The van der Waals surface area contributed by atoms with Crippen LogP contribution in [0.5, 0.6) is 0 Å². The van der Waals surface area contributed by atoms with Gasteiger partial charge in [-0.1, -0.05) is 35.9 Å². The monoisotopic (exact) mass is 329 g/mol. The number of carboxylic acid groups (broad SMARTS) is 1. The van der Waals surface area contributed by atoms with E-state index >= 15 is 0 Å². The summed E-state index contributed by atoms with van der Waals surface area (Å²) in [4.78, 5) is 23.2. The SMILES string of the molecule is Cc1ccc(/C=C/C(=O)Nc2cccc(Cl)c2C(=O)O)cc1C. The van der Waals surface area contributed by atoms with E-state index < -0.39 is 11.9 Å². The largest absolute Gasteiger partial charge is 0.478 e. The molecular weight excluding hydrogens is 314 g/mol. The Bertz CT molecular complexity index is 797. The highest BCUT2D eigenvalue weighted by molar-refractivity contribution is 6.34. The van der Waals surface area contributed by atoms with Crippen LogP contribution in [-0.4, -0.2) is 17.0 Å². The standard InChI is InChI=1S/C18H16ClNO3/c1-11-6-7-13(10-12(11)2)8-9-16(21)20-15-5-3-4-14(19)17(15)18(22)23/h3-10H,1-2H3,(H,20,21)(H,22,23)/b9-8+. The lowest BCUT2D eigenvalue weighted by molar-refractivity contribution is -0.111. The zero-order valence-electron chi connectivity index (χ0n) is 12.8. The second-order valence-electron chi connectivity index (χ2n) is 5.13. The van der Waals surface area contributed by atoms with Crippen LogP contribution in [0.2, 0.25) is 5.02 Å². The van der Waals surface area contributed by atoms with Gasteiger partial charge in [0.15, 0.2) is 0 Å². The van der Waals surface area contributed by atoms with Gasteiger partial charge in [0.25, 0.3) is 0 Å². The van der Waals surface area contributed by atoms with Gasteiger partial charge in [-0.05, 0) is 48.7 Å². The Balaban J connectivity index is 2.17. The lowest BCUT2D eigenvalue weighted by Gasteiger charge is -2.08. The Morgan fingerprint density at radius 2 is 1.87 bits per heavy atom. The average Bonchev–Trinajstić information content (AvgIpc) is 2.48. The summed E-state index contributed by atoms with van der Waals surface area (Å²) in [5, 5.41) is 11.8. The minimum atomic E-state index is -1.19. The van der Waals surface area contributed by atoms with Crippen LogP contribution >= 0.6 is 11.6 Å². The second kappa shape index (κ2) is 7.11. The molecule has 0 saturated heterocycles. The molecule has 0 atom stereocenters. The molecule has 23 heavy (non-hydrogen) atoms. The van der Waals surface area contributed by atoms with Crippen molar-refractivity contribution in [2.75, 3.05) is 5.32 Å². The fourth-order valence-electron chi connectivity index (χ4n) is 2.06. The van der Waals surface area contributed by atoms with Crippen LogP contribution in [-0.2, 0) is 4.79 Å². The molecule has 0 heterocycles. The number of hydrogen-bond acceptors (Lipinski definition) is 2. The zero-order chi connectivity index (χ0) is 17.0. The van der Waals surface area contributed by atoms with Crippen LogP contribution in [0, 0.1) is 13.8 Å². The number of carboxylic acids is 1. The van der Waals surface area contributed by atoms with Crippen molar-refractivity contribution < 1.29 is 14.7 Å². The van der Waals surface area contributed by atoms with Crippen LogP contribution in [0.1, 0.15) is 27.0 Å². The first-order chi connectivity index (χ1) is 10.9. The van der Waals surface area contributed by atoms with Crippen LogP contribution in [0.15, 0.2) is 42.5 Å². The Labute approximate surface area is 139 Å². The molecule has 0 spiro atoms. The topological polar surface area (TPSA) is 66.4 Å². The van der Waals surface area contributed by atoms with E-state index in [1.807, 2.05) is 32.0 Å². The highest BCUT2D eigenvalue weighted by Crippen LogP contribution is 2.24. The molecule has 4 nitrogen and oxygen atoms in total. The minimum Gasteiger partial charge on any atom is -0.478 e. The number of aromatic carboxylic acids is 1. The molecule has 0 saturated carbocycles. The van der Waals surface area contributed by atoms with Crippen molar-refractivity contribution in [3.63, 3.8) is 0 Å². The predicted octanol–water partition coefficient (Wildman–Crippen LogP) is 4.31. The normalized spacial score (nSPS) is 10.7. The summed E-state index contributed by atoms with van der Waals surface area (Å²) < 4.78 is 0. The molecule has 2 aromatic rings. The highest BCUT2D eigenvalue weighted by atomic mass is 35.5. The van der Waals surface area contributed by atoms with Gasteiger partial charge in [-0.25, -0.2) is 4.79 Å². The quantitative estimate of drug-likeness (QED) is 0.821. The molecule has 0 bridgehead atoms. The lowest BCUT2D eigenvalue weighted by Crippen LogP contribution is -2.12. The predicted molar refractivity (Wildman–Crippen MR) is 92.0 cm³/mol. The number of nitrogens with one attached hydrogen (secondary N) is 1. The van der Waals surface area contributed by atoms with Crippen molar-refractivity contribution >= 4 is 35.2 Å². The van der Waals surface area contributed by atoms with E-state index in [2.05, 4.69) is 5.32 Å². The molecule has 0 aliphatic rings. The summed E-state index contributed by atoms with van der Waals surface area (Å²) in [5.41, 5.74) is 3.25. The van der Waals surface area contributed by atoms with Crippen molar-refractivity contribution in [2.24, 2.45) is 0 Å². The Kier molecular flexibility index (Phi) is 5.19. The van der Waals surface area contributed by atoms with Gasteiger partial charge in [-0.2, -0.15) is 0 Å². The van der Waals surface area contributed by atoms with Crippen molar-refractivity contribution in [1.82, 2.24) is 0 Å². The maximum atomic E-state index is 12.0. The van der Waals surface area contributed by atoms with Crippen LogP contribution in [0.25, 0.3) is 6.08 Å². The van der Waals surface area contributed by atoms with Gasteiger partial charge in [-0.3, -0.25) is 4.79 Å². The fourth-order valence-corrected chi connectivity index (χ4v) is 2.32. The number of carbonyl (C=O) groups excluding carboxylic acids is 1. The van der Waals surface area contributed by atoms with E-state index in [-0.39, 0.29) is 16.3 Å². The molecule has 0 radical (unpaired) electrons. The van der Waals surface area contributed by atoms with Crippen LogP contribution < -0.4 is 5.32 Å². The van der Waals surface area contributed by atoms with Crippen LogP contribution in [0.4, 0.5) is 5.69 Å². The number of aryl methyl sites for hydroxylation is 2. The van der Waals surface area contributed by atoms with Gasteiger partial charge in [0.05, 0.1) is 10.7 Å². The average molecular weight is 330 g/mol. The number of amides is 1. The maximum absolute atomic E-state index is 12.0. The van der Waals surface area contributed by atoms with Gasteiger partial charge in [0.1, 0.15) is 5.56 Å². The van der Waals surface area contributed by atoms with E-state index in [4.69, 9.17) is 11.6 Å². The Morgan fingerprint density at radius 3 is 2.52 bits per heavy atom. The van der Waals surface area contributed by atoms with Crippen molar-refractivity contribution in [3.05, 3.63) is 69.8 Å². The second-order valence-corrected chi connectivity index (χ2v) is 5.54. The Morgan fingerprint density at radius 1 is 1.13 bits per heavy atom. The number of hydrogen-bond donors (Lipinski definition) is 2. The summed E-state index contributed by atoms with van der Waals surface area (Å²) in [6, 6.07) is 10.4. The third kappa shape index (κ3) is 4.20. The molecule has 0 unspecified atom stereocenters. The summed E-state index contributed by atoms with van der Waals surface area (Å²) in [7, 11) is 0. The number of halogens is 1. The summed E-state index contributed by atoms with van der Waals surface area (Å²) in [6.07, 6.45) is 3.03. The van der Waals surface area contributed by atoms with Crippen molar-refractivity contribution in [2.45, 2.75) is 13.8 Å². The Hall–Kier alpha value is -2.59. The minimum absolute atomic E-state index is 0.0773. The number of carbonyl (C=O) groups is 2. The first kappa shape index (κ1) is 16.8. The molecule has 0 fully saturated rings. The van der Waals surface area contributed by atoms with Crippen LogP contribution in [0.3, 0.4) is 0 Å². The molecule has 2 aromatic carbocycles. The van der Waals surface area contributed by atoms with Gasteiger partial charge in [0.2, 0.25) is 5.91 Å². The maximum Gasteiger partial charge on any atom is 0.339 e. The highest BCUT2D eigenvalue weighted by Gasteiger charge is 2.15. The molecular formula is C18H16ClNO3. The van der Waals surface area contributed by atoms with Gasteiger partial charge < -0.3 is 10.4 Å². The molecule has 0 aliphatic heterocycles. The van der Waals surface area contributed by atoms with Gasteiger partial charge in [-0.15, -0.1) is 0 Å². The van der Waals surface area contributed by atoms with E-state index in [0.29, 0.717) is 0 Å². The molecule has 0 aliphatic carbocycles. The molecule has 5 heteroatoms. The smallest absolute Gasteiger partial charge is 0.339 e. The zero-order valence-corrected chi connectivity index (χ0v) is 13.5. The van der Waals surface area contributed by atoms with Crippen molar-refractivity contribution in [1.29, 1.82) is 0 Å². The molecule has 118 valence electrons. The number of anilines is 1. The van der Waals surface area contributed by atoms with Crippen molar-refractivity contribution in [3.8, 4) is 0 Å². The number of rotatable bonds is 4. The summed E-state index contributed by atoms with van der Waals surface area (Å²) in [6.45, 7) is 4.01. The van der Waals surface area contributed by atoms with E-state index in [9.17, 15) is 14.7 Å². The molecule has 0 aromatic heterocycles. The summed E-state index contributed by atoms with van der Waals surface area (Å²) >= 11 is 5.86. The number of benzene rings is 2. The fraction of sp³-hybridized carbons (Fsp3) is 0.111.